The Morgan fingerprint density at radius 3 is 2.95 bits per heavy atom. The predicted octanol–water partition coefficient (Wildman–Crippen LogP) is 2.81. The van der Waals surface area contributed by atoms with Crippen LogP contribution in [0.15, 0.2) is 44.7 Å². The van der Waals surface area contributed by atoms with Crippen molar-refractivity contribution in [3.8, 4) is 0 Å². The number of benzene rings is 1. The van der Waals surface area contributed by atoms with E-state index in [9.17, 15) is 9.59 Å². The fraction of sp³-hybridized carbons (Fsp3) is 0.0769. The topological polar surface area (TPSA) is 116 Å². The summed E-state index contributed by atoms with van der Waals surface area (Å²) in [5.41, 5.74) is 7.94. The molecular formula is C13H9N3O4. The van der Waals surface area contributed by atoms with Crippen LogP contribution in [0.25, 0.3) is 27.5 Å². The summed E-state index contributed by atoms with van der Waals surface area (Å²) >= 11 is 0. The zero-order valence-electron chi connectivity index (χ0n) is 10.2. The minimum Gasteiger partial charge on any atom is -0.477 e. The van der Waals surface area contributed by atoms with Gasteiger partial charge >= 0.3 is 11.6 Å². The molecule has 20 heavy (non-hydrogen) atoms. The van der Waals surface area contributed by atoms with Gasteiger partial charge < -0.3 is 9.52 Å². The van der Waals surface area contributed by atoms with Gasteiger partial charge in [0, 0.05) is 16.8 Å². The summed E-state index contributed by atoms with van der Waals surface area (Å²) in [7, 11) is 0. The van der Waals surface area contributed by atoms with Crippen LogP contribution < -0.4 is 5.63 Å². The monoisotopic (exact) mass is 271 g/mol. The highest BCUT2D eigenvalue weighted by Crippen LogP contribution is 2.16. The first-order valence-electron chi connectivity index (χ1n) is 5.60. The maximum Gasteiger partial charge on any atom is 0.351 e. The number of hydrogen-bond donors (Lipinski definition) is 1. The van der Waals surface area contributed by atoms with Crippen molar-refractivity contribution in [1.82, 2.24) is 0 Å². The molecule has 1 aromatic heterocycles. The fourth-order valence-electron chi connectivity index (χ4n) is 1.67. The summed E-state index contributed by atoms with van der Waals surface area (Å²) in [6, 6.07) is 6.24. The van der Waals surface area contributed by atoms with E-state index in [1.807, 2.05) is 0 Å². The van der Waals surface area contributed by atoms with E-state index < -0.39 is 17.2 Å². The normalized spacial score (nSPS) is 10.6. The Kier molecular flexibility index (Phi) is 3.83. The van der Waals surface area contributed by atoms with Crippen LogP contribution in [0.2, 0.25) is 0 Å². The van der Waals surface area contributed by atoms with Crippen LogP contribution in [-0.4, -0.2) is 17.6 Å². The van der Waals surface area contributed by atoms with Gasteiger partial charge in [0.25, 0.3) is 0 Å². The second-order valence-electron chi connectivity index (χ2n) is 3.87. The van der Waals surface area contributed by atoms with Crippen LogP contribution in [0, 0.1) is 0 Å². The van der Waals surface area contributed by atoms with Crippen molar-refractivity contribution < 1.29 is 14.3 Å². The molecule has 0 amide bonds. The largest absolute Gasteiger partial charge is 0.477 e. The lowest BCUT2D eigenvalue weighted by Crippen LogP contribution is -2.12. The molecule has 1 heterocycles. The molecule has 7 nitrogen and oxygen atoms in total. The average molecular weight is 271 g/mol. The van der Waals surface area contributed by atoms with Crippen LogP contribution >= 0.6 is 0 Å². The maximum absolute atomic E-state index is 11.4. The maximum atomic E-state index is 11.4. The molecule has 0 aliphatic heterocycles. The van der Waals surface area contributed by atoms with Crippen LogP contribution in [0.1, 0.15) is 15.9 Å². The van der Waals surface area contributed by atoms with Crippen molar-refractivity contribution in [2.45, 2.75) is 0 Å². The molecule has 2 aromatic rings. The third-order valence-corrected chi connectivity index (χ3v) is 2.55. The van der Waals surface area contributed by atoms with E-state index in [-0.39, 0.29) is 6.54 Å². The smallest absolute Gasteiger partial charge is 0.351 e. The molecule has 0 spiro atoms. The molecule has 2 rings (SSSR count). The van der Waals surface area contributed by atoms with Crippen molar-refractivity contribution in [2.24, 2.45) is 5.11 Å². The molecule has 7 heteroatoms. The van der Waals surface area contributed by atoms with Gasteiger partial charge in [0.15, 0.2) is 0 Å². The van der Waals surface area contributed by atoms with E-state index in [0.29, 0.717) is 11.0 Å². The number of azide groups is 1. The molecular weight excluding hydrogens is 262 g/mol. The summed E-state index contributed by atoms with van der Waals surface area (Å²) in [4.78, 5) is 24.9. The standard InChI is InChI=1S/C13H9N3O4/c14-16-15-5-1-2-8-3-4-11-9(6-8)7-10(12(17)18)13(19)20-11/h1-4,6-7H,5H2,(H,17,18). The van der Waals surface area contributed by atoms with Gasteiger partial charge in [0.1, 0.15) is 11.1 Å². The summed E-state index contributed by atoms with van der Waals surface area (Å²) in [5, 5.41) is 12.7. The van der Waals surface area contributed by atoms with Crippen LogP contribution in [0.3, 0.4) is 0 Å². The highest BCUT2D eigenvalue weighted by Gasteiger charge is 2.11. The minimum atomic E-state index is -1.33. The lowest BCUT2D eigenvalue weighted by atomic mass is 10.1. The Morgan fingerprint density at radius 2 is 2.25 bits per heavy atom. The predicted molar refractivity (Wildman–Crippen MR) is 72.5 cm³/mol. The van der Waals surface area contributed by atoms with Gasteiger partial charge in [-0.15, -0.1) is 0 Å². The van der Waals surface area contributed by atoms with Gasteiger partial charge in [-0.1, -0.05) is 23.3 Å². The Labute approximate surface area is 112 Å². The Balaban J connectivity index is 2.45. The van der Waals surface area contributed by atoms with Gasteiger partial charge in [0.05, 0.1) is 0 Å². The van der Waals surface area contributed by atoms with Gasteiger partial charge in [-0.3, -0.25) is 0 Å². The highest BCUT2D eigenvalue weighted by molar-refractivity contribution is 5.92. The zero-order chi connectivity index (χ0) is 14.5. The van der Waals surface area contributed by atoms with E-state index in [1.165, 1.54) is 6.07 Å². The molecule has 0 atom stereocenters. The first-order chi connectivity index (χ1) is 9.61. The number of hydrogen-bond acceptors (Lipinski definition) is 4. The number of rotatable bonds is 4. The quantitative estimate of drug-likeness (QED) is 0.398. The second-order valence-corrected chi connectivity index (χ2v) is 3.87. The SMILES string of the molecule is [N-]=[N+]=NCC=Cc1ccc2oc(=O)c(C(=O)O)cc2c1. The fourth-order valence-corrected chi connectivity index (χ4v) is 1.67. The molecule has 0 saturated heterocycles. The third kappa shape index (κ3) is 2.85. The first-order valence-corrected chi connectivity index (χ1v) is 5.60. The van der Waals surface area contributed by atoms with Crippen LogP contribution in [0.5, 0.6) is 0 Å². The number of nitrogens with zero attached hydrogens (tertiary/aromatic N) is 3. The molecule has 1 aromatic carbocycles. The minimum absolute atomic E-state index is 0.221. The molecule has 100 valence electrons. The highest BCUT2D eigenvalue weighted by atomic mass is 16.4. The summed E-state index contributed by atoms with van der Waals surface area (Å²) in [5.74, 6) is -1.33. The Morgan fingerprint density at radius 1 is 1.45 bits per heavy atom. The molecule has 0 radical (unpaired) electrons. The van der Waals surface area contributed by atoms with Gasteiger partial charge in [0.2, 0.25) is 0 Å². The Hall–Kier alpha value is -3.05. The number of carboxylic acid groups (broad SMARTS) is 1. The lowest BCUT2D eigenvalue weighted by molar-refractivity contribution is 0.0692. The van der Waals surface area contributed by atoms with Crippen molar-refractivity contribution in [1.29, 1.82) is 0 Å². The van der Waals surface area contributed by atoms with Crippen molar-refractivity contribution in [3.63, 3.8) is 0 Å². The first kappa shape index (κ1) is 13.4. The van der Waals surface area contributed by atoms with Gasteiger partial charge in [-0.25, -0.2) is 9.59 Å². The van der Waals surface area contributed by atoms with E-state index in [4.69, 9.17) is 15.1 Å². The number of carbonyl (C=O) groups is 1. The average Bonchev–Trinajstić information content (AvgIpc) is 2.42. The van der Waals surface area contributed by atoms with Gasteiger partial charge in [-0.2, -0.15) is 0 Å². The molecule has 0 aliphatic rings. The summed E-state index contributed by atoms with van der Waals surface area (Å²) in [6.45, 7) is 0.221. The zero-order valence-corrected chi connectivity index (χ0v) is 10.2. The van der Waals surface area contributed by atoms with Crippen molar-refractivity contribution >= 4 is 23.0 Å². The number of carboxylic acids is 1. The van der Waals surface area contributed by atoms with Gasteiger partial charge in [-0.05, 0) is 29.3 Å². The third-order valence-electron chi connectivity index (χ3n) is 2.55. The van der Waals surface area contributed by atoms with E-state index >= 15 is 0 Å². The van der Waals surface area contributed by atoms with E-state index in [0.717, 1.165) is 5.56 Å². The van der Waals surface area contributed by atoms with E-state index in [1.54, 1.807) is 30.4 Å². The van der Waals surface area contributed by atoms with Crippen molar-refractivity contribution in [3.05, 3.63) is 62.3 Å². The molecule has 1 N–H and O–H groups in total. The van der Waals surface area contributed by atoms with Crippen LogP contribution in [-0.2, 0) is 0 Å². The molecule has 0 aliphatic carbocycles. The molecule has 0 saturated carbocycles. The molecule has 0 bridgehead atoms. The number of aromatic carboxylic acids is 1. The number of fused-ring (bicyclic) bond motifs is 1. The van der Waals surface area contributed by atoms with Crippen LogP contribution in [0.4, 0.5) is 0 Å². The summed E-state index contributed by atoms with van der Waals surface area (Å²) in [6.07, 6.45) is 3.39. The second kappa shape index (κ2) is 5.73. The lowest BCUT2D eigenvalue weighted by Gasteiger charge is -2.00. The summed E-state index contributed by atoms with van der Waals surface area (Å²) < 4.78 is 4.93. The Bertz CT molecular complexity index is 801. The van der Waals surface area contributed by atoms with Crippen molar-refractivity contribution in [2.75, 3.05) is 6.54 Å². The molecule has 0 unspecified atom stereocenters. The van der Waals surface area contributed by atoms with E-state index in [2.05, 4.69) is 10.0 Å². The molecule has 0 fully saturated rings.